The third-order valence-electron chi connectivity index (χ3n) is 6.10. The molecular formula is C27H33F3N6O5. The molecule has 2 aliphatic heterocycles. The molecule has 2 aliphatic rings. The molecule has 0 radical (unpaired) electrons. The summed E-state index contributed by atoms with van der Waals surface area (Å²) in [6, 6.07) is 6.70. The zero-order valence-electron chi connectivity index (χ0n) is 23.0. The van der Waals surface area contributed by atoms with Crippen LogP contribution in [0.5, 0.6) is 0 Å². The highest BCUT2D eigenvalue weighted by molar-refractivity contribution is 6.00. The highest BCUT2D eigenvalue weighted by atomic mass is 19.4. The van der Waals surface area contributed by atoms with E-state index in [2.05, 4.69) is 20.6 Å². The maximum absolute atomic E-state index is 13.7. The van der Waals surface area contributed by atoms with Crippen LogP contribution in [0.4, 0.5) is 23.7 Å². The van der Waals surface area contributed by atoms with E-state index in [0.29, 0.717) is 12.1 Å². The highest BCUT2D eigenvalue weighted by Gasteiger charge is 2.48. The first-order valence-corrected chi connectivity index (χ1v) is 13.0. The van der Waals surface area contributed by atoms with Crippen LogP contribution in [0.2, 0.25) is 0 Å². The van der Waals surface area contributed by atoms with E-state index in [9.17, 15) is 32.3 Å². The molecule has 222 valence electrons. The maximum atomic E-state index is 13.7. The molecule has 41 heavy (non-hydrogen) atoms. The Morgan fingerprint density at radius 2 is 1.80 bits per heavy atom. The summed E-state index contributed by atoms with van der Waals surface area (Å²) in [6.45, 7) is 3.51. The maximum Gasteiger partial charge on any atom is 0.410 e. The number of nitrogens with zero attached hydrogens (tertiary/aromatic N) is 4. The van der Waals surface area contributed by atoms with Crippen molar-refractivity contribution in [2.45, 2.75) is 57.3 Å². The van der Waals surface area contributed by atoms with Crippen molar-refractivity contribution in [3.05, 3.63) is 54.6 Å². The highest BCUT2D eigenvalue weighted by Crippen LogP contribution is 2.29. The van der Waals surface area contributed by atoms with Crippen LogP contribution in [0.1, 0.15) is 45.2 Å². The van der Waals surface area contributed by atoms with E-state index in [0.717, 1.165) is 9.80 Å². The molecule has 0 unspecified atom stereocenters. The van der Waals surface area contributed by atoms with Gasteiger partial charge in [-0.3, -0.25) is 34.6 Å². The minimum absolute atomic E-state index is 0.0169. The van der Waals surface area contributed by atoms with Crippen LogP contribution in [-0.2, 0) is 19.1 Å². The molecule has 2 atom stereocenters. The summed E-state index contributed by atoms with van der Waals surface area (Å²) >= 11 is 0. The Bertz CT molecular complexity index is 1180. The SMILES string of the molecule is CC(C)(C)OC(=O)N1CCN(CC(=O)Nc2ccc([C@H]3CCC(=O)NC3=O)nc2)[C@@H](C(F)(F)F)C1.c1ccncc1. The minimum atomic E-state index is -4.66. The number of aromatic nitrogens is 2. The van der Waals surface area contributed by atoms with Crippen LogP contribution in [-0.4, -0.2) is 87.6 Å². The molecule has 2 aromatic heterocycles. The standard InChI is InChI=1S/C22H28F3N5O5.C5H5N/c1-21(2,3)35-20(34)30-9-8-29(16(11-30)22(23,24)25)12-18(32)27-13-4-6-15(26-10-13)14-5-7-17(31)28-19(14)33;1-2-4-6-5-3-1/h4,6,10,14,16H,5,7-9,11-12H2,1-3H3,(H,27,32)(H,28,31,33);1-5H/t14-,16-;/m1./s1. The number of nitrogens with one attached hydrogen (secondary N) is 2. The molecule has 0 bridgehead atoms. The molecular weight excluding hydrogens is 545 g/mol. The molecule has 4 heterocycles. The predicted molar refractivity (Wildman–Crippen MR) is 141 cm³/mol. The summed E-state index contributed by atoms with van der Waals surface area (Å²) in [5.41, 5.74) is -0.172. The van der Waals surface area contributed by atoms with Crippen LogP contribution in [0, 0.1) is 0 Å². The van der Waals surface area contributed by atoms with Gasteiger partial charge in [0.05, 0.1) is 30.0 Å². The van der Waals surface area contributed by atoms with Crippen molar-refractivity contribution in [3.63, 3.8) is 0 Å². The fourth-order valence-electron chi connectivity index (χ4n) is 4.17. The second-order valence-electron chi connectivity index (χ2n) is 10.5. The lowest BCUT2D eigenvalue weighted by Gasteiger charge is -2.41. The van der Waals surface area contributed by atoms with Crippen molar-refractivity contribution in [3.8, 4) is 0 Å². The third-order valence-corrected chi connectivity index (χ3v) is 6.10. The lowest BCUT2D eigenvalue weighted by atomic mass is 9.94. The monoisotopic (exact) mass is 578 g/mol. The molecule has 2 fully saturated rings. The molecule has 2 aromatic rings. The summed E-state index contributed by atoms with van der Waals surface area (Å²) in [5.74, 6) is -2.07. The van der Waals surface area contributed by atoms with Gasteiger partial charge in [0, 0.05) is 38.4 Å². The number of carbonyl (C=O) groups excluding carboxylic acids is 4. The number of amides is 4. The molecule has 11 nitrogen and oxygen atoms in total. The zero-order chi connectivity index (χ0) is 30.2. The molecule has 14 heteroatoms. The van der Waals surface area contributed by atoms with Crippen molar-refractivity contribution in [1.29, 1.82) is 0 Å². The number of piperidine rings is 1. The number of carbonyl (C=O) groups is 4. The van der Waals surface area contributed by atoms with E-state index in [1.54, 1.807) is 33.2 Å². The largest absolute Gasteiger partial charge is 0.444 e. The summed E-state index contributed by atoms with van der Waals surface area (Å²) in [5, 5.41) is 4.74. The smallest absolute Gasteiger partial charge is 0.410 e. The van der Waals surface area contributed by atoms with E-state index in [4.69, 9.17) is 4.74 Å². The van der Waals surface area contributed by atoms with Gasteiger partial charge >= 0.3 is 12.3 Å². The lowest BCUT2D eigenvalue weighted by molar-refractivity contribution is -0.195. The van der Waals surface area contributed by atoms with Crippen LogP contribution in [0.3, 0.4) is 0 Å². The van der Waals surface area contributed by atoms with Crippen molar-refractivity contribution < 1.29 is 37.1 Å². The Kier molecular flexibility index (Phi) is 10.4. The summed E-state index contributed by atoms with van der Waals surface area (Å²) in [6.07, 6.45) is -0.182. The first-order valence-electron chi connectivity index (χ1n) is 13.0. The van der Waals surface area contributed by atoms with Crippen molar-refractivity contribution >= 4 is 29.5 Å². The van der Waals surface area contributed by atoms with Crippen LogP contribution < -0.4 is 10.6 Å². The van der Waals surface area contributed by atoms with E-state index in [1.165, 1.54) is 18.3 Å². The number of imide groups is 1. The Balaban J connectivity index is 0.000000681. The van der Waals surface area contributed by atoms with Gasteiger partial charge in [-0.05, 0) is 51.5 Å². The molecule has 2 N–H and O–H groups in total. The number of anilines is 1. The number of piperazine rings is 1. The Labute approximate surface area is 235 Å². The van der Waals surface area contributed by atoms with Crippen LogP contribution >= 0.6 is 0 Å². The molecule has 0 spiro atoms. The van der Waals surface area contributed by atoms with Gasteiger partial charge in [0.15, 0.2) is 0 Å². The molecule has 0 aliphatic carbocycles. The zero-order valence-corrected chi connectivity index (χ0v) is 23.0. The number of hydrogen-bond donors (Lipinski definition) is 2. The average molecular weight is 579 g/mol. The van der Waals surface area contributed by atoms with Crippen LogP contribution in [0.15, 0.2) is 48.9 Å². The second-order valence-corrected chi connectivity index (χ2v) is 10.5. The van der Waals surface area contributed by atoms with E-state index >= 15 is 0 Å². The molecule has 4 amide bonds. The van der Waals surface area contributed by atoms with E-state index < -0.39 is 54.7 Å². The fraction of sp³-hybridized carbons (Fsp3) is 0.481. The fourth-order valence-corrected chi connectivity index (χ4v) is 4.17. The van der Waals surface area contributed by atoms with Gasteiger partial charge in [0.2, 0.25) is 17.7 Å². The van der Waals surface area contributed by atoms with E-state index in [-0.39, 0.29) is 31.1 Å². The van der Waals surface area contributed by atoms with Crippen molar-refractivity contribution in [2.24, 2.45) is 0 Å². The minimum Gasteiger partial charge on any atom is -0.444 e. The summed E-state index contributed by atoms with van der Waals surface area (Å²) in [7, 11) is 0. The molecule has 4 rings (SSSR count). The lowest BCUT2D eigenvalue weighted by Crippen LogP contribution is -2.61. The van der Waals surface area contributed by atoms with Gasteiger partial charge in [-0.15, -0.1) is 0 Å². The number of rotatable bonds is 4. The first kappa shape index (κ1) is 31.5. The van der Waals surface area contributed by atoms with Gasteiger partial charge < -0.3 is 15.0 Å². The van der Waals surface area contributed by atoms with Crippen molar-refractivity contribution in [1.82, 2.24) is 25.1 Å². The van der Waals surface area contributed by atoms with Gasteiger partial charge in [-0.2, -0.15) is 13.2 Å². The number of alkyl halides is 3. The topological polar surface area (TPSA) is 134 Å². The summed E-state index contributed by atoms with van der Waals surface area (Å²) in [4.78, 5) is 57.9. The van der Waals surface area contributed by atoms with E-state index in [1.807, 2.05) is 18.2 Å². The Morgan fingerprint density at radius 3 is 2.32 bits per heavy atom. The molecule has 0 aromatic carbocycles. The number of hydrogen-bond acceptors (Lipinski definition) is 8. The molecule has 0 saturated carbocycles. The Morgan fingerprint density at radius 1 is 1.10 bits per heavy atom. The van der Waals surface area contributed by atoms with Gasteiger partial charge in [-0.25, -0.2) is 4.79 Å². The average Bonchev–Trinajstić information content (AvgIpc) is 2.89. The van der Waals surface area contributed by atoms with Gasteiger partial charge in [-0.1, -0.05) is 6.07 Å². The molecule has 2 saturated heterocycles. The van der Waals surface area contributed by atoms with Gasteiger partial charge in [0.25, 0.3) is 0 Å². The Hall–Kier alpha value is -4.07. The number of pyridine rings is 2. The van der Waals surface area contributed by atoms with Crippen LogP contribution in [0.25, 0.3) is 0 Å². The van der Waals surface area contributed by atoms with Gasteiger partial charge in [0.1, 0.15) is 11.6 Å². The second kappa shape index (κ2) is 13.5. The number of halogens is 3. The number of ether oxygens (including phenoxy) is 1. The quantitative estimate of drug-likeness (QED) is 0.529. The normalized spacial score (nSPS) is 19.9. The summed E-state index contributed by atoms with van der Waals surface area (Å²) < 4.78 is 46.3. The first-order chi connectivity index (χ1) is 19.2. The van der Waals surface area contributed by atoms with Crippen molar-refractivity contribution in [2.75, 3.05) is 31.5 Å². The third kappa shape index (κ3) is 9.81. The predicted octanol–water partition coefficient (Wildman–Crippen LogP) is 3.11.